The van der Waals surface area contributed by atoms with E-state index in [9.17, 15) is 4.79 Å². The number of benzene rings is 1. The number of aromatic nitrogens is 1. The highest BCUT2D eigenvalue weighted by Gasteiger charge is 2.19. The van der Waals surface area contributed by atoms with Gasteiger partial charge in [-0.2, -0.15) is 0 Å². The van der Waals surface area contributed by atoms with E-state index in [1.807, 2.05) is 31.2 Å². The zero-order chi connectivity index (χ0) is 15.9. The van der Waals surface area contributed by atoms with Gasteiger partial charge in [-0.3, -0.25) is 0 Å². The van der Waals surface area contributed by atoms with E-state index in [0.29, 0.717) is 16.6 Å². The van der Waals surface area contributed by atoms with Crippen molar-refractivity contribution in [1.29, 1.82) is 0 Å². The normalized spacial score (nSPS) is 10.2. The summed E-state index contributed by atoms with van der Waals surface area (Å²) in [6, 6.07) is 7.56. The average molecular weight is 356 g/mol. The molecule has 1 aromatic carbocycles. The predicted molar refractivity (Wildman–Crippen MR) is 85.8 cm³/mol. The third-order valence-electron chi connectivity index (χ3n) is 2.82. The van der Waals surface area contributed by atoms with Crippen LogP contribution in [0.25, 0.3) is 0 Å². The van der Waals surface area contributed by atoms with Crippen molar-refractivity contribution in [1.82, 2.24) is 0 Å². The van der Waals surface area contributed by atoms with E-state index in [0.717, 1.165) is 17.0 Å². The van der Waals surface area contributed by atoms with Crippen LogP contribution in [0.2, 0.25) is 0 Å². The molecule has 0 saturated carbocycles. The third-order valence-corrected chi connectivity index (χ3v) is 3.89. The van der Waals surface area contributed by atoms with E-state index in [4.69, 9.17) is 9.47 Å². The van der Waals surface area contributed by atoms with Gasteiger partial charge in [-0.15, -0.1) is 5.43 Å². The van der Waals surface area contributed by atoms with Crippen LogP contribution in [0.4, 0.5) is 5.13 Å². The van der Waals surface area contributed by atoms with Crippen LogP contribution in [-0.2, 0) is 4.74 Å². The van der Waals surface area contributed by atoms with Crippen LogP contribution in [0, 0.1) is 6.92 Å². The standard InChI is InChI=1S/C15H17N3O3S.ClH/c1-4-21-14(19)13-10(2)17-15(22-13)18-16-9-11-7-5-6-8-12(11)20-3;/h5-9H,4H2,1-3H3,(H,17,18);1H. The first-order valence-electron chi connectivity index (χ1n) is 6.77. The van der Waals surface area contributed by atoms with E-state index in [1.54, 1.807) is 20.2 Å². The van der Waals surface area contributed by atoms with Crippen molar-refractivity contribution >= 4 is 28.7 Å². The number of esters is 1. The second-order valence-corrected chi connectivity index (χ2v) is 5.36. The minimum atomic E-state index is -0.331. The molecular formula is C15H18ClN3O3S. The van der Waals surface area contributed by atoms with E-state index >= 15 is 0 Å². The van der Waals surface area contributed by atoms with Gasteiger partial charge < -0.3 is 21.9 Å². The molecule has 6 nitrogen and oxygen atoms in total. The maximum absolute atomic E-state index is 11.7. The molecule has 0 aliphatic rings. The van der Waals surface area contributed by atoms with Gasteiger partial charge in [-0.1, -0.05) is 17.2 Å². The van der Waals surface area contributed by atoms with Crippen LogP contribution in [-0.4, -0.2) is 25.9 Å². The summed E-state index contributed by atoms with van der Waals surface area (Å²) in [5, 5.41) is 4.81. The Labute approximate surface area is 144 Å². The predicted octanol–water partition coefficient (Wildman–Crippen LogP) is -0.494. The van der Waals surface area contributed by atoms with Gasteiger partial charge in [0.05, 0.1) is 19.9 Å². The number of nitrogens with one attached hydrogen (secondary N) is 2. The van der Waals surface area contributed by atoms with Gasteiger partial charge in [-0.05, 0) is 37.3 Å². The molecule has 0 saturated heterocycles. The quantitative estimate of drug-likeness (QED) is 0.431. The first-order valence-corrected chi connectivity index (χ1v) is 7.59. The fraction of sp³-hybridized carbons (Fsp3) is 0.267. The highest BCUT2D eigenvalue weighted by Crippen LogP contribution is 2.20. The number of halogens is 1. The minimum Gasteiger partial charge on any atom is -1.00 e. The highest BCUT2D eigenvalue weighted by molar-refractivity contribution is 7.17. The fourth-order valence-electron chi connectivity index (χ4n) is 1.81. The van der Waals surface area contributed by atoms with E-state index in [-0.39, 0.29) is 18.4 Å². The molecule has 0 aliphatic carbocycles. The van der Waals surface area contributed by atoms with Crippen LogP contribution in [0.1, 0.15) is 27.9 Å². The van der Waals surface area contributed by atoms with Crippen molar-refractivity contribution in [3.63, 3.8) is 0 Å². The van der Waals surface area contributed by atoms with Gasteiger partial charge in [0.2, 0.25) is 0 Å². The smallest absolute Gasteiger partial charge is 0.357 e. The monoisotopic (exact) mass is 355 g/mol. The Morgan fingerprint density at radius 3 is 2.87 bits per heavy atom. The Balaban J connectivity index is 0.00000264. The molecule has 1 heterocycles. The molecule has 0 radical (unpaired) electrons. The number of rotatable bonds is 6. The summed E-state index contributed by atoms with van der Waals surface area (Å²) in [4.78, 5) is 15.3. The van der Waals surface area contributed by atoms with Gasteiger partial charge in [0.25, 0.3) is 0 Å². The summed E-state index contributed by atoms with van der Waals surface area (Å²) in [5.41, 5.74) is 4.48. The van der Waals surface area contributed by atoms with Gasteiger partial charge >= 0.3 is 11.1 Å². The van der Waals surface area contributed by atoms with Crippen molar-refractivity contribution in [3.8, 4) is 5.75 Å². The number of aryl methyl sites for hydroxylation is 1. The molecule has 8 heteroatoms. The maximum Gasteiger partial charge on any atom is 0.357 e. The van der Waals surface area contributed by atoms with Crippen molar-refractivity contribution in [2.24, 2.45) is 5.10 Å². The van der Waals surface area contributed by atoms with Crippen LogP contribution in [0.15, 0.2) is 29.4 Å². The molecule has 0 fully saturated rings. The second kappa shape index (κ2) is 9.12. The number of para-hydroxylation sites is 1. The zero-order valence-corrected chi connectivity index (χ0v) is 14.6. The average Bonchev–Trinajstić information content (AvgIpc) is 2.89. The molecule has 2 N–H and O–H groups in total. The van der Waals surface area contributed by atoms with E-state index in [2.05, 4.69) is 15.5 Å². The summed E-state index contributed by atoms with van der Waals surface area (Å²) in [6.07, 6.45) is 1.66. The van der Waals surface area contributed by atoms with Crippen molar-refractivity contribution in [2.75, 3.05) is 19.1 Å². The molecule has 0 atom stereocenters. The number of nitrogens with zero attached hydrogens (tertiary/aromatic N) is 1. The van der Waals surface area contributed by atoms with Crippen LogP contribution in [0.5, 0.6) is 5.75 Å². The number of methoxy groups -OCH3 is 1. The molecule has 23 heavy (non-hydrogen) atoms. The number of hydrogen-bond acceptors (Lipinski definition) is 6. The zero-order valence-electron chi connectivity index (χ0n) is 13.1. The number of hydrazone groups is 1. The Hall–Kier alpha value is -2.12. The maximum atomic E-state index is 11.7. The van der Waals surface area contributed by atoms with Crippen LogP contribution >= 0.6 is 11.3 Å². The molecule has 1 aromatic heterocycles. The van der Waals surface area contributed by atoms with E-state index in [1.165, 1.54) is 11.3 Å². The van der Waals surface area contributed by atoms with Crippen molar-refractivity contribution < 1.29 is 31.7 Å². The molecule has 2 rings (SSSR count). The van der Waals surface area contributed by atoms with Gasteiger partial charge in [0, 0.05) is 5.56 Å². The van der Waals surface area contributed by atoms with Gasteiger partial charge in [-0.25, -0.2) is 9.78 Å². The number of ether oxygens (including phenoxy) is 2. The lowest BCUT2D eigenvalue weighted by Crippen LogP contribution is -3.00. The molecule has 124 valence electrons. The number of thiazole rings is 1. The lowest BCUT2D eigenvalue weighted by Gasteiger charge is -2.01. The number of carbonyl (C=O) groups is 1. The Bertz CT molecular complexity index is 688. The molecule has 0 bridgehead atoms. The lowest BCUT2D eigenvalue weighted by molar-refractivity contribution is -0.364. The lowest BCUT2D eigenvalue weighted by atomic mass is 10.2. The molecule has 2 aromatic rings. The molecule has 0 aliphatic heterocycles. The summed E-state index contributed by atoms with van der Waals surface area (Å²) in [7, 11) is 1.61. The van der Waals surface area contributed by atoms with E-state index < -0.39 is 0 Å². The summed E-state index contributed by atoms with van der Waals surface area (Å²) >= 11 is 1.27. The first kappa shape index (κ1) is 18.9. The number of H-pyrrole nitrogens is 1. The summed E-state index contributed by atoms with van der Waals surface area (Å²) in [6.45, 7) is 3.95. The van der Waals surface area contributed by atoms with Crippen molar-refractivity contribution in [2.45, 2.75) is 13.8 Å². The summed E-state index contributed by atoms with van der Waals surface area (Å²) in [5.74, 6) is 0.412. The number of carbonyl (C=O) groups excluding carboxylic acids is 1. The first-order chi connectivity index (χ1) is 10.7. The fourth-order valence-corrected chi connectivity index (χ4v) is 2.66. The second-order valence-electron chi connectivity index (χ2n) is 4.34. The van der Waals surface area contributed by atoms with Crippen molar-refractivity contribution in [3.05, 3.63) is 40.4 Å². The molecular weight excluding hydrogens is 338 g/mol. The molecule has 0 unspecified atom stereocenters. The van der Waals surface area contributed by atoms with Crippen LogP contribution < -0.4 is 27.6 Å². The van der Waals surface area contributed by atoms with Gasteiger partial charge in [0.1, 0.15) is 11.4 Å². The number of hydrogen-bond donors (Lipinski definition) is 1. The van der Waals surface area contributed by atoms with Gasteiger partial charge in [0.15, 0.2) is 4.88 Å². The largest absolute Gasteiger partial charge is 1.00 e. The Morgan fingerprint density at radius 2 is 2.17 bits per heavy atom. The topological polar surface area (TPSA) is 74.1 Å². The SMILES string of the molecule is CCOC(=O)c1sc(NN=Cc2ccccc2OC)[nH+]c1C.[Cl-]. The van der Waals surface area contributed by atoms with Crippen LogP contribution in [0.3, 0.4) is 0 Å². The summed E-state index contributed by atoms with van der Waals surface area (Å²) < 4.78 is 10.2. The highest BCUT2D eigenvalue weighted by atomic mass is 35.5. The minimum absolute atomic E-state index is 0. The Kier molecular flexibility index (Phi) is 7.50. The Morgan fingerprint density at radius 1 is 1.43 bits per heavy atom. The number of anilines is 1. The molecule has 0 spiro atoms. The third kappa shape index (κ3) is 4.94. The molecule has 0 amide bonds. The number of aromatic amines is 1.